The molecule has 0 aliphatic carbocycles. The summed E-state index contributed by atoms with van der Waals surface area (Å²) in [5, 5.41) is 3.87. The van der Waals surface area contributed by atoms with Crippen LogP contribution >= 0.6 is 23.4 Å². The van der Waals surface area contributed by atoms with Gasteiger partial charge in [-0.3, -0.25) is 9.69 Å². The van der Waals surface area contributed by atoms with Gasteiger partial charge in [0.15, 0.2) is 0 Å². The Bertz CT molecular complexity index is 763. The van der Waals surface area contributed by atoms with Crippen molar-refractivity contribution < 1.29 is 9.18 Å². The molecule has 2 aromatic rings. The van der Waals surface area contributed by atoms with E-state index in [-0.39, 0.29) is 17.6 Å². The van der Waals surface area contributed by atoms with Gasteiger partial charge < -0.3 is 5.32 Å². The van der Waals surface area contributed by atoms with Gasteiger partial charge in [0.25, 0.3) is 0 Å². The van der Waals surface area contributed by atoms with Gasteiger partial charge in [-0.05, 0) is 55.3 Å². The number of hydrogen-bond acceptors (Lipinski definition) is 3. The van der Waals surface area contributed by atoms with Crippen molar-refractivity contribution in [2.45, 2.75) is 25.1 Å². The molecule has 0 unspecified atom stereocenters. The zero-order valence-corrected chi connectivity index (χ0v) is 17.4. The number of halogens is 2. The first-order chi connectivity index (χ1) is 13.6. The Morgan fingerprint density at radius 2 is 1.86 bits per heavy atom. The van der Waals surface area contributed by atoms with Gasteiger partial charge in [-0.1, -0.05) is 41.9 Å². The predicted molar refractivity (Wildman–Crippen MR) is 115 cm³/mol. The molecule has 1 heterocycles. The van der Waals surface area contributed by atoms with Gasteiger partial charge >= 0.3 is 0 Å². The van der Waals surface area contributed by atoms with Crippen molar-refractivity contribution >= 4 is 29.3 Å². The molecule has 3 nitrogen and oxygen atoms in total. The van der Waals surface area contributed by atoms with E-state index in [1.807, 2.05) is 36.4 Å². The number of carbonyl (C=O) groups is 1. The molecular formula is C22H26ClFN2OS. The Labute approximate surface area is 175 Å². The van der Waals surface area contributed by atoms with Gasteiger partial charge in [-0.15, -0.1) is 0 Å². The van der Waals surface area contributed by atoms with Crippen LogP contribution in [-0.2, 0) is 17.1 Å². The molecule has 0 radical (unpaired) electrons. The minimum Gasteiger partial charge on any atom is -0.355 e. The normalized spacial score (nSPS) is 15.5. The largest absolute Gasteiger partial charge is 0.355 e. The standard InChI is InChI=1S/C22H26ClFN2OS/c23-21-4-2-1-3-19(21)16-28-14-11-25-22(27)18-9-12-26(13-10-18)15-17-5-7-20(24)8-6-17/h1-8,18H,9-16H2,(H,25,27). The summed E-state index contributed by atoms with van der Waals surface area (Å²) in [6.45, 7) is 3.30. The van der Waals surface area contributed by atoms with E-state index in [2.05, 4.69) is 10.2 Å². The number of amides is 1. The minimum absolute atomic E-state index is 0.0954. The Hall–Kier alpha value is -1.56. The molecule has 0 aromatic heterocycles. The van der Waals surface area contributed by atoms with E-state index in [1.165, 1.54) is 12.1 Å². The molecule has 0 bridgehead atoms. The molecule has 1 saturated heterocycles. The molecule has 28 heavy (non-hydrogen) atoms. The summed E-state index contributed by atoms with van der Waals surface area (Å²) in [6.07, 6.45) is 1.75. The average Bonchev–Trinajstić information content (AvgIpc) is 2.71. The molecule has 1 N–H and O–H groups in total. The SMILES string of the molecule is O=C(NCCSCc1ccccc1Cl)C1CCN(Cc2ccc(F)cc2)CC1. The Kier molecular flexibility index (Phi) is 8.19. The van der Waals surface area contributed by atoms with E-state index < -0.39 is 0 Å². The van der Waals surface area contributed by atoms with Crippen LogP contribution in [0.5, 0.6) is 0 Å². The summed E-state index contributed by atoms with van der Waals surface area (Å²) in [5.74, 6) is 1.79. The lowest BCUT2D eigenvalue weighted by molar-refractivity contribution is -0.126. The first-order valence-corrected chi connectivity index (χ1v) is 11.2. The second-order valence-corrected chi connectivity index (χ2v) is 8.62. The molecule has 6 heteroatoms. The Balaban J connectivity index is 1.30. The van der Waals surface area contributed by atoms with Crippen LogP contribution in [0.15, 0.2) is 48.5 Å². The molecular weight excluding hydrogens is 395 g/mol. The Morgan fingerprint density at radius 3 is 2.57 bits per heavy atom. The number of thioether (sulfide) groups is 1. The van der Waals surface area contributed by atoms with Crippen LogP contribution < -0.4 is 5.32 Å². The summed E-state index contributed by atoms with van der Waals surface area (Å²) >= 11 is 7.93. The number of piperidine rings is 1. The fourth-order valence-corrected chi connectivity index (χ4v) is 4.53. The number of rotatable bonds is 8. The second kappa shape index (κ2) is 10.8. The number of carbonyl (C=O) groups excluding carboxylic acids is 1. The number of nitrogens with one attached hydrogen (secondary N) is 1. The van der Waals surface area contributed by atoms with Crippen LogP contribution in [-0.4, -0.2) is 36.2 Å². The van der Waals surface area contributed by atoms with Gasteiger partial charge in [0.2, 0.25) is 5.91 Å². The smallest absolute Gasteiger partial charge is 0.223 e. The van der Waals surface area contributed by atoms with Crippen molar-refractivity contribution in [3.63, 3.8) is 0 Å². The minimum atomic E-state index is -0.204. The highest BCUT2D eigenvalue weighted by atomic mass is 35.5. The van der Waals surface area contributed by atoms with Gasteiger partial charge in [-0.2, -0.15) is 11.8 Å². The maximum atomic E-state index is 13.0. The van der Waals surface area contributed by atoms with Crippen molar-refractivity contribution in [1.82, 2.24) is 10.2 Å². The van der Waals surface area contributed by atoms with Crippen LogP contribution in [0.4, 0.5) is 4.39 Å². The van der Waals surface area contributed by atoms with Gasteiger partial charge in [0.1, 0.15) is 5.82 Å². The van der Waals surface area contributed by atoms with E-state index in [0.29, 0.717) is 6.54 Å². The number of hydrogen-bond donors (Lipinski definition) is 1. The molecule has 0 spiro atoms. The molecule has 2 aromatic carbocycles. The van der Waals surface area contributed by atoms with Crippen molar-refractivity contribution in [3.8, 4) is 0 Å². The van der Waals surface area contributed by atoms with Crippen molar-refractivity contribution in [2.75, 3.05) is 25.4 Å². The molecule has 1 fully saturated rings. The van der Waals surface area contributed by atoms with Crippen molar-refractivity contribution in [3.05, 3.63) is 70.5 Å². The van der Waals surface area contributed by atoms with Crippen LogP contribution in [0.3, 0.4) is 0 Å². The maximum Gasteiger partial charge on any atom is 0.223 e. The first-order valence-electron chi connectivity index (χ1n) is 9.67. The monoisotopic (exact) mass is 420 g/mol. The summed E-state index contributed by atoms with van der Waals surface area (Å²) in [4.78, 5) is 14.7. The molecule has 0 saturated carbocycles. The first kappa shape index (κ1) is 21.2. The molecule has 1 aliphatic rings. The van der Waals surface area contributed by atoms with Crippen molar-refractivity contribution in [2.24, 2.45) is 5.92 Å². The highest BCUT2D eigenvalue weighted by molar-refractivity contribution is 7.98. The second-order valence-electron chi connectivity index (χ2n) is 7.11. The zero-order chi connectivity index (χ0) is 19.8. The van der Waals surface area contributed by atoms with Gasteiger partial charge in [0, 0.05) is 35.5 Å². The summed E-state index contributed by atoms with van der Waals surface area (Å²) in [7, 11) is 0. The summed E-state index contributed by atoms with van der Waals surface area (Å²) in [5.41, 5.74) is 2.24. The lowest BCUT2D eigenvalue weighted by atomic mass is 9.95. The molecule has 1 aliphatic heterocycles. The van der Waals surface area contributed by atoms with E-state index >= 15 is 0 Å². The third kappa shape index (κ3) is 6.50. The van der Waals surface area contributed by atoms with Crippen molar-refractivity contribution in [1.29, 1.82) is 0 Å². The fourth-order valence-electron chi connectivity index (χ4n) is 3.39. The highest BCUT2D eigenvalue weighted by Gasteiger charge is 2.24. The number of benzene rings is 2. The molecule has 150 valence electrons. The van der Waals surface area contributed by atoms with Crippen LogP contribution in [0.2, 0.25) is 5.02 Å². The van der Waals surface area contributed by atoms with E-state index in [9.17, 15) is 9.18 Å². The fraction of sp³-hybridized carbons (Fsp3) is 0.409. The van der Waals surface area contributed by atoms with E-state index in [0.717, 1.165) is 60.1 Å². The third-order valence-corrected chi connectivity index (χ3v) is 6.42. The quantitative estimate of drug-likeness (QED) is 0.626. The van der Waals surface area contributed by atoms with Crippen LogP contribution in [0.1, 0.15) is 24.0 Å². The summed E-state index contributed by atoms with van der Waals surface area (Å²) in [6, 6.07) is 14.5. The molecule has 1 amide bonds. The average molecular weight is 421 g/mol. The third-order valence-electron chi connectivity index (χ3n) is 5.04. The number of likely N-dealkylation sites (tertiary alicyclic amines) is 1. The van der Waals surface area contributed by atoms with E-state index in [1.54, 1.807) is 11.8 Å². The topological polar surface area (TPSA) is 32.3 Å². The van der Waals surface area contributed by atoms with Crippen LogP contribution in [0.25, 0.3) is 0 Å². The van der Waals surface area contributed by atoms with Crippen LogP contribution in [0, 0.1) is 11.7 Å². The number of nitrogens with zero attached hydrogens (tertiary/aromatic N) is 1. The van der Waals surface area contributed by atoms with Gasteiger partial charge in [-0.25, -0.2) is 4.39 Å². The van der Waals surface area contributed by atoms with Gasteiger partial charge in [0.05, 0.1) is 0 Å². The zero-order valence-electron chi connectivity index (χ0n) is 15.9. The lowest BCUT2D eigenvalue weighted by Crippen LogP contribution is -2.40. The lowest BCUT2D eigenvalue weighted by Gasteiger charge is -2.31. The highest BCUT2D eigenvalue weighted by Crippen LogP contribution is 2.21. The predicted octanol–water partition coefficient (Wildman–Crippen LogP) is 4.74. The molecule has 3 rings (SSSR count). The molecule has 0 atom stereocenters. The van der Waals surface area contributed by atoms with E-state index in [4.69, 9.17) is 11.6 Å². The Morgan fingerprint density at radius 1 is 1.14 bits per heavy atom. The summed E-state index contributed by atoms with van der Waals surface area (Å²) < 4.78 is 13.0. The maximum absolute atomic E-state index is 13.0.